The van der Waals surface area contributed by atoms with Crippen molar-refractivity contribution in [2.45, 2.75) is 6.92 Å². The van der Waals surface area contributed by atoms with E-state index < -0.39 is 6.09 Å². The highest BCUT2D eigenvalue weighted by Gasteiger charge is 1.95. The van der Waals surface area contributed by atoms with Crippen LogP contribution in [0.3, 0.4) is 0 Å². The van der Waals surface area contributed by atoms with Gasteiger partial charge in [0, 0.05) is 0 Å². The van der Waals surface area contributed by atoms with Gasteiger partial charge < -0.3 is 4.74 Å². The third-order valence-corrected chi connectivity index (χ3v) is 0.670. The van der Waals surface area contributed by atoms with E-state index in [9.17, 15) is 4.79 Å². The van der Waals surface area contributed by atoms with Gasteiger partial charge in [-0.2, -0.15) is 0 Å². The Morgan fingerprint density at radius 1 is 1.80 bits per heavy atom. The lowest BCUT2D eigenvalue weighted by Gasteiger charge is -2.01. The predicted molar refractivity (Wildman–Crippen MR) is 39.5 cm³/mol. The van der Waals surface area contributed by atoms with Crippen LogP contribution < -0.4 is 5.32 Å². The first-order valence-corrected chi connectivity index (χ1v) is 2.85. The Bertz CT molecular complexity index is 152. The van der Waals surface area contributed by atoms with E-state index in [0.717, 1.165) is 5.57 Å². The van der Waals surface area contributed by atoms with Crippen molar-refractivity contribution < 1.29 is 9.53 Å². The molecular weight excluding hydrogens is 130 g/mol. The molecule has 0 aliphatic rings. The van der Waals surface area contributed by atoms with Crippen LogP contribution in [-0.4, -0.2) is 12.7 Å². The van der Waals surface area contributed by atoms with Gasteiger partial charge in [-0.05, 0) is 18.7 Å². The van der Waals surface area contributed by atoms with E-state index in [1.807, 2.05) is 0 Å². The fourth-order valence-corrected chi connectivity index (χ4v) is 0.314. The SMILES string of the molecule is C=CNC(=O)OCC(=C)C. The van der Waals surface area contributed by atoms with Crippen LogP contribution in [0.2, 0.25) is 0 Å². The molecule has 3 nitrogen and oxygen atoms in total. The van der Waals surface area contributed by atoms with Crippen LogP contribution in [0.1, 0.15) is 6.92 Å². The molecule has 0 aliphatic carbocycles. The van der Waals surface area contributed by atoms with E-state index in [1.54, 1.807) is 6.92 Å². The summed E-state index contributed by atoms with van der Waals surface area (Å²) in [4.78, 5) is 10.5. The molecule has 1 amide bonds. The normalized spacial score (nSPS) is 8.10. The number of carbonyl (C=O) groups is 1. The second-order valence-corrected chi connectivity index (χ2v) is 1.88. The van der Waals surface area contributed by atoms with Crippen molar-refractivity contribution in [3.8, 4) is 0 Å². The van der Waals surface area contributed by atoms with Crippen molar-refractivity contribution in [3.05, 3.63) is 24.9 Å². The van der Waals surface area contributed by atoms with Gasteiger partial charge in [-0.3, -0.25) is 5.32 Å². The van der Waals surface area contributed by atoms with Gasteiger partial charge in [-0.25, -0.2) is 4.79 Å². The van der Waals surface area contributed by atoms with Crippen molar-refractivity contribution >= 4 is 6.09 Å². The molecule has 0 spiro atoms. The molecule has 0 unspecified atom stereocenters. The summed E-state index contributed by atoms with van der Waals surface area (Å²) in [6, 6.07) is 0. The van der Waals surface area contributed by atoms with Crippen molar-refractivity contribution in [2.24, 2.45) is 0 Å². The Balaban J connectivity index is 3.39. The Morgan fingerprint density at radius 2 is 2.40 bits per heavy atom. The number of carbonyl (C=O) groups excluding carboxylic acids is 1. The number of hydrogen-bond acceptors (Lipinski definition) is 2. The molecule has 10 heavy (non-hydrogen) atoms. The maximum Gasteiger partial charge on any atom is 0.411 e. The van der Waals surface area contributed by atoms with Crippen molar-refractivity contribution in [2.75, 3.05) is 6.61 Å². The number of amides is 1. The van der Waals surface area contributed by atoms with Crippen molar-refractivity contribution in [3.63, 3.8) is 0 Å². The minimum atomic E-state index is -0.502. The lowest BCUT2D eigenvalue weighted by Crippen LogP contribution is -2.18. The van der Waals surface area contributed by atoms with E-state index in [2.05, 4.69) is 23.2 Å². The van der Waals surface area contributed by atoms with E-state index in [0.29, 0.717) is 0 Å². The third kappa shape index (κ3) is 4.90. The quantitative estimate of drug-likeness (QED) is 0.604. The Labute approximate surface area is 60.4 Å². The molecule has 0 radical (unpaired) electrons. The smallest absolute Gasteiger partial charge is 0.411 e. The van der Waals surface area contributed by atoms with Gasteiger partial charge in [0.1, 0.15) is 6.61 Å². The second-order valence-electron chi connectivity index (χ2n) is 1.88. The summed E-state index contributed by atoms with van der Waals surface area (Å²) < 4.78 is 4.62. The lowest BCUT2D eigenvalue weighted by molar-refractivity contribution is 0.160. The van der Waals surface area contributed by atoms with E-state index >= 15 is 0 Å². The Hall–Kier alpha value is -1.25. The van der Waals surface area contributed by atoms with Gasteiger partial charge in [0.05, 0.1) is 0 Å². The van der Waals surface area contributed by atoms with Crippen LogP contribution in [0.5, 0.6) is 0 Å². The molecule has 0 fully saturated rings. The average molecular weight is 141 g/mol. The van der Waals surface area contributed by atoms with Gasteiger partial charge in [-0.1, -0.05) is 13.2 Å². The molecule has 0 atom stereocenters. The van der Waals surface area contributed by atoms with Gasteiger partial charge >= 0.3 is 6.09 Å². The molecule has 3 heteroatoms. The largest absolute Gasteiger partial charge is 0.445 e. The highest BCUT2D eigenvalue weighted by molar-refractivity contribution is 5.68. The Kier molecular flexibility index (Phi) is 4.04. The maximum absolute atomic E-state index is 10.5. The number of ether oxygens (including phenoxy) is 1. The lowest BCUT2D eigenvalue weighted by atomic mass is 10.4. The third-order valence-electron chi connectivity index (χ3n) is 0.670. The standard InChI is InChI=1S/C7H11NO2/c1-4-8-7(9)10-5-6(2)3/h4H,1-2,5H2,3H3,(H,8,9). The molecule has 0 aromatic heterocycles. The summed E-state index contributed by atoms with van der Waals surface area (Å²) >= 11 is 0. The van der Waals surface area contributed by atoms with Crippen LogP contribution in [0.4, 0.5) is 4.79 Å². The minimum Gasteiger partial charge on any atom is -0.445 e. The number of hydrogen-bond donors (Lipinski definition) is 1. The predicted octanol–water partition coefficient (Wildman–Crippen LogP) is 1.43. The van der Waals surface area contributed by atoms with Crippen molar-refractivity contribution in [1.82, 2.24) is 5.32 Å². The summed E-state index contributed by atoms with van der Waals surface area (Å²) in [6.45, 7) is 8.88. The molecule has 0 rings (SSSR count). The van der Waals surface area contributed by atoms with Gasteiger partial charge in [-0.15, -0.1) is 0 Å². The van der Waals surface area contributed by atoms with Crippen LogP contribution in [0.25, 0.3) is 0 Å². The molecule has 0 aromatic carbocycles. The zero-order chi connectivity index (χ0) is 7.98. The summed E-state index contributed by atoms with van der Waals surface area (Å²) in [5.74, 6) is 0. The topological polar surface area (TPSA) is 38.3 Å². The zero-order valence-corrected chi connectivity index (χ0v) is 6.02. The maximum atomic E-state index is 10.5. The first-order valence-electron chi connectivity index (χ1n) is 2.85. The Morgan fingerprint density at radius 3 is 2.80 bits per heavy atom. The molecule has 0 saturated carbocycles. The van der Waals surface area contributed by atoms with E-state index in [4.69, 9.17) is 0 Å². The molecule has 0 heterocycles. The van der Waals surface area contributed by atoms with Gasteiger partial charge in [0.15, 0.2) is 0 Å². The summed E-state index contributed by atoms with van der Waals surface area (Å²) in [5, 5.41) is 2.26. The number of alkyl carbamates (subject to hydrolysis) is 1. The summed E-state index contributed by atoms with van der Waals surface area (Å²) in [5.41, 5.74) is 0.805. The molecule has 0 aliphatic heterocycles. The number of rotatable bonds is 3. The van der Waals surface area contributed by atoms with Crippen LogP contribution in [0.15, 0.2) is 24.9 Å². The van der Waals surface area contributed by atoms with Crippen LogP contribution in [0, 0.1) is 0 Å². The van der Waals surface area contributed by atoms with Gasteiger partial charge in [0.25, 0.3) is 0 Å². The average Bonchev–Trinajstić information content (AvgIpc) is 1.85. The monoisotopic (exact) mass is 141 g/mol. The summed E-state index contributed by atoms with van der Waals surface area (Å²) in [7, 11) is 0. The molecule has 1 N–H and O–H groups in total. The summed E-state index contributed by atoms with van der Waals surface area (Å²) in [6.07, 6.45) is 0.763. The van der Waals surface area contributed by atoms with E-state index in [1.165, 1.54) is 6.20 Å². The van der Waals surface area contributed by atoms with Gasteiger partial charge in [0.2, 0.25) is 0 Å². The molecular formula is C7H11NO2. The fourth-order valence-electron chi connectivity index (χ4n) is 0.314. The van der Waals surface area contributed by atoms with Crippen LogP contribution in [-0.2, 0) is 4.74 Å². The van der Waals surface area contributed by atoms with Crippen molar-refractivity contribution in [1.29, 1.82) is 0 Å². The highest BCUT2D eigenvalue weighted by Crippen LogP contribution is 1.87. The first kappa shape index (κ1) is 8.75. The molecule has 0 saturated heterocycles. The second kappa shape index (κ2) is 4.61. The molecule has 0 bridgehead atoms. The highest BCUT2D eigenvalue weighted by atomic mass is 16.5. The number of nitrogens with one attached hydrogen (secondary N) is 1. The fraction of sp³-hybridized carbons (Fsp3) is 0.286. The van der Waals surface area contributed by atoms with E-state index in [-0.39, 0.29) is 6.61 Å². The zero-order valence-electron chi connectivity index (χ0n) is 6.02. The molecule has 56 valence electrons. The minimum absolute atomic E-state index is 0.250. The first-order chi connectivity index (χ1) is 4.66. The van der Waals surface area contributed by atoms with Crippen LogP contribution >= 0.6 is 0 Å². The molecule has 0 aromatic rings.